The summed E-state index contributed by atoms with van der Waals surface area (Å²) in [6, 6.07) is 18.7. The summed E-state index contributed by atoms with van der Waals surface area (Å²) in [6.07, 6.45) is 4.80. The third-order valence-electron chi connectivity index (χ3n) is 5.82. The summed E-state index contributed by atoms with van der Waals surface area (Å²) in [4.78, 5) is 29.2. The first kappa shape index (κ1) is 21.2. The van der Waals surface area contributed by atoms with Crippen LogP contribution in [0.15, 0.2) is 67.0 Å². The number of pyridine rings is 1. The number of nitrogens with one attached hydrogen (secondary N) is 1. The molecule has 7 heteroatoms. The van der Waals surface area contributed by atoms with Crippen molar-refractivity contribution in [1.29, 1.82) is 5.26 Å². The van der Waals surface area contributed by atoms with E-state index in [4.69, 9.17) is 11.0 Å². The number of aromatic nitrogens is 1. The molecule has 2 aromatic carbocycles. The van der Waals surface area contributed by atoms with E-state index < -0.39 is 5.41 Å². The number of hydrazine groups is 1. The van der Waals surface area contributed by atoms with Gasteiger partial charge in [0.25, 0.3) is 5.91 Å². The Morgan fingerprint density at radius 1 is 1.19 bits per heavy atom. The second-order valence-corrected chi connectivity index (χ2v) is 7.87. The number of anilines is 1. The van der Waals surface area contributed by atoms with Gasteiger partial charge >= 0.3 is 0 Å². The molecule has 0 aliphatic heterocycles. The van der Waals surface area contributed by atoms with E-state index >= 15 is 0 Å². The minimum atomic E-state index is -0.567. The average molecular weight is 425 g/mol. The molecule has 0 radical (unpaired) electrons. The van der Waals surface area contributed by atoms with Crippen molar-refractivity contribution >= 4 is 17.4 Å². The molecule has 32 heavy (non-hydrogen) atoms. The van der Waals surface area contributed by atoms with Gasteiger partial charge in [-0.25, -0.2) is 0 Å². The quantitative estimate of drug-likeness (QED) is 0.445. The molecule has 1 aliphatic rings. The Morgan fingerprint density at radius 3 is 2.53 bits per heavy atom. The van der Waals surface area contributed by atoms with Gasteiger partial charge in [0.15, 0.2) is 5.78 Å². The first-order chi connectivity index (χ1) is 15.5. The maximum absolute atomic E-state index is 13.3. The molecule has 1 saturated carbocycles. The zero-order chi connectivity index (χ0) is 22.7. The number of Topliss-reactive ketones (excluding diaryl/α,β-unsaturated/α-hetero) is 1. The molecule has 0 atom stereocenters. The van der Waals surface area contributed by atoms with Crippen LogP contribution >= 0.6 is 0 Å². The molecule has 160 valence electrons. The molecule has 3 aromatic rings. The number of hydrogen-bond acceptors (Lipinski definition) is 6. The van der Waals surface area contributed by atoms with E-state index in [1.165, 1.54) is 0 Å². The molecule has 1 heterocycles. The highest BCUT2D eigenvalue weighted by atomic mass is 16.2. The van der Waals surface area contributed by atoms with E-state index in [0.29, 0.717) is 11.1 Å². The summed E-state index contributed by atoms with van der Waals surface area (Å²) >= 11 is 0. The van der Waals surface area contributed by atoms with Crippen LogP contribution in [-0.4, -0.2) is 30.3 Å². The van der Waals surface area contributed by atoms with Crippen molar-refractivity contribution in [3.05, 3.63) is 83.7 Å². The maximum atomic E-state index is 13.3. The van der Waals surface area contributed by atoms with Gasteiger partial charge in [-0.15, -0.1) is 0 Å². The lowest BCUT2D eigenvalue weighted by Crippen LogP contribution is -2.42. The van der Waals surface area contributed by atoms with Crippen molar-refractivity contribution in [1.82, 2.24) is 10.4 Å². The van der Waals surface area contributed by atoms with Crippen LogP contribution in [0.5, 0.6) is 0 Å². The largest absolute Gasteiger partial charge is 0.322 e. The SMILES string of the molecule is CN(NC(=O)CN)c1ccc(C2(C(=O)c3cccnc3)CC2)cc1-c1ccc(C#N)cc1. The zero-order valence-corrected chi connectivity index (χ0v) is 17.7. The highest BCUT2D eigenvalue weighted by Gasteiger charge is 2.51. The third-order valence-corrected chi connectivity index (χ3v) is 5.82. The zero-order valence-electron chi connectivity index (χ0n) is 17.7. The van der Waals surface area contributed by atoms with Gasteiger partial charge in [0.2, 0.25) is 0 Å². The topological polar surface area (TPSA) is 112 Å². The number of nitrogens with zero attached hydrogens (tertiary/aromatic N) is 3. The van der Waals surface area contributed by atoms with Crippen LogP contribution in [0, 0.1) is 11.3 Å². The Hall–Kier alpha value is -4.02. The Morgan fingerprint density at radius 2 is 1.94 bits per heavy atom. The second kappa shape index (κ2) is 8.61. The molecular formula is C25H23N5O2. The summed E-state index contributed by atoms with van der Waals surface area (Å²) < 4.78 is 0. The number of rotatable bonds is 7. The summed E-state index contributed by atoms with van der Waals surface area (Å²) in [6.45, 7) is -0.128. The van der Waals surface area contributed by atoms with Crippen LogP contribution in [0.4, 0.5) is 5.69 Å². The lowest BCUT2D eigenvalue weighted by Gasteiger charge is -2.25. The molecule has 0 saturated heterocycles. The molecule has 3 N–H and O–H groups in total. The van der Waals surface area contributed by atoms with E-state index in [2.05, 4.69) is 16.5 Å². The second-order valence-electron chi connectivity index (χ2n) is 7.87. The van der Waals surface area contributed by atoms with E-state index in [-0.39, 0.29) is 18.2 Å². The first-order valence-corrected chi connectivity index (χ1v) is 10.3. The van der Waals surface area contributed by atoms with E-state index in [0.717, 1.165) is 35.2 Å². The third kappa shape index (κ3) is 3.96. The van der Waals surface area contributed by atoms with Crippen LogP contribution in [-0.2, 0) is 10.2 Å². The van der Waals surface area contributed by atoms with Crippen molar-refractivity contribution in [2.75, 3.05) is 18.6 Å². The van der Waals surface area contributed by atoms with E-state index in [9.17, 15) is 9.59 Å². The minimum absolute atomic E-state index is 0.0638. The molecule has 0 bridgehead atoms. The fourth-order valence-electron chi connectivity index (χ4n) is 3.92. The molecule has 0 unspecified atom stereocenters. The smallest absolute Gasteiger partial charge is 0.252 e. The summed E-state index contributed by atoms with van der Waals surface area (Å²) in [5.41, 5.74) is 12.2. The Balaban J connectivity index is 1.78. The number of amides is 1. The van der Waals surface area contributed by atoms with Gasteiger partial charge in [-0.3, -0.25) is 25.0 Å². The number of carbonyl (C=O) groups excluding carboxylic acids is 2. The van der Waals surface area contributed by atoms with Crippen molar-refractivity contribution < 1.29 is 9.59 Å². The fourth-order valence-corrected chi connectivity index (χ4v) is 3.92. The Kier molecular flexibility index (Phi) is 5.71. The van der Waals surface area contributed by atoms with Crippen LogP contribution in [0.1, 0.15) is 34.3 Å². The predicted molar refractivity (Wildman–Crippen MR) is 122 cm³/mol. The van der Waals surface area contributed by atoms with E-state index in [1.54, 1.807) is 48.7 Å². The molecule has 1 aliphatic carbocycles. The Bertz CT molecular complexity index is 1200. The normalized spacial score (nSPS) is 13.7. The van der Waals surface area contributed by atoms with Crippen molar-refractivity contribution in [3.8, 4) is 17.2 Å². The lowest BCUT2D eigenvalue weighted by atomic mass is 9.86. The number of nitrogens with two attached hydrogens (primary N) is 1. The molecular weight excluding hydrogens is 402 g/mol. The Labute approximate surface area is 186 Å². The highest BCUT2D eigenvalue weighted by Crippen LogP contribution is 2.51. The standard InChI is InChI=1S/C25H23N5O2/c1-30(29-23(31)15-27)22-9-8-20(13-21(22)18-6-4-17(14-26)5-7-18)25(10-11-25)24(32)19-3-2-12-28-16-19/h2-9,12-13,16H,10-11,15,27H2,1H3,(H,29,31). The molecule has 1 fully saturated rings. The van der Waals surface area contributed by atoms with E-state index in [1.807, 2.05) is 30.3 Å². The van der Waals surface area contributed by atoms with Crippen LogP contribution in [0.2, 0.25) is 0 Å². The maximum Gasteiger partial charge on any atom is 0.252 e. The summed E-state index contributed by atoms with van der Waals surface area (Å²) in [5, 5.41) is 10.8. The fraction of sp³-hybridized carbons (Fsp3) is 0.200. The summed E-state index contributed by atoms with van der Waals surface area (Å²) in [7, 11) is 1.74. The van der Waals surface area contributed by atoms with Gasteiger partial charge in [0.1, 0.15) is 0 Å². The van der Waals surface area contributed by atoms with Gasteiger partial charge in [0, 0.05) is 30.6 Å². The van der Waals surface area contributed by atoms with Crippen LogP contribution in [0.3, 0.4) is 0 Å². The minimum Gasteiger partial charge on any atom is -0.322 e. The number of ketones is 1. The van der Waals surface area contributed by atoms with Gasteiger partial charge in [0.05, 0.1) is 29.3 Å². The van der Waals surface area contributed by atoms with Gasteiger partial charge < -0.3 is 5.73 Å². The number of carbonyl (C=O) groups is 2. The van der Waals surface area contributed by atoms with Gasteiger partial charge in [-0.2, -0.15) is 5.26 Å². The monoisotopic (exact) mass is 425 g/mol. The predicted octanol–water partition coefficient (Wildman–Crippen LogP) is 2.96. The van der Waals surface area contributed by atoms with Gasteiger partial charge in [-0.1, -0.05) is 18.2 Å². The molecule has 4 rings (SSSR count). The molecule has 0 spiro atoms. The van der Waals surface area contributed by atoms with Crippen molar-refractivity contribution in [2.24, 2.45) is 5.73 Å². The highest BCUT2D eigenvalue weighted by molar-refractivity contribution is 6.06. The van der Waals surface area contributed by atoms with Crippen LogP contribution in [0.25, 0.3) is 11.1 Å². The van der Waals surface area contributed by atoms with Crippen molar-refractivity contribution in [2.45, 2.75) is 18.3 Å². The number of hydrogen-bond donors (Lipinski definition) is 2. The molecule has 7 nitrogen and oxygen atoms in total. The summed E-state index contributed by atoms with van der Waals surface area (Å²) in [5.74, 6) is -0.248. The van der Waals surface area contributed by atoms with Crippen LogP contribution < -0.4 is 16.2 Å². The molecule has 1 amide bonds. The number of nitriles is 1. The average Bonchev–Trinajstić information content (AvgIpc) is 3.66. The molecule has 1 aromatic heterocycles. The van der Waals surface area contributed by atoms with Crippen molar-refractivity contribution in [3.63, 3.8) is 0 Å². The van der Waals surface area contributed by atoms with Gasteiger partial charge in [-0.05, 0) is 60.4 Å². The number of benzene rings is 2. The lowest BCUT2D eigenvalue weighted by molar-refractivity contribution is -0.119. The first-order valence-electron chi connectivity index (χ1n) is 10.3.